The van der Waals surface area contributed by atoms with E-state index in [0.29, 0.717) is 0 Å². The average molecular weight is 189 g/mol. The van der Waals surface area contributed by atoms with E-state index in [4.69, 9.17) is 9.90 Å². The highest BCUT2D eigenvalue weighted by molar-refractivity contribution is 5.32. The van der Waals surface area contributed by atoms with Crippen LogP contribution in [0.5, 0.6) is 0 Å². The van der Waals surface area contributed by atoms with Gasteiger partial charge in [0.2, 0.25) is 0 Å². The van der Waals surface area contributed by atoms with Gasteiger partial charge in [-0.05, 0) is 3.83 Å². The summed E-state index contributed by atoms with van der Waals surface area (Å²) in [6, 6.07) is 0. The molecule has 0 amide bonds. The molecule has 0 aliphatic heterocycles. The zero-order chi connectivity index (χ0) is 6.99. The summed E-state index contributed by atoms with van der Waals surface area (Å²) in [5.41, 5.74) is 0. The summed E-state index contributed by atoms with van der Waals surface area (Å²) in [6.07, 6.45) is 0. The summed E-state index contributed by atoms with van der Waals surface area (Å²) in [6.45, 7) is -0.250. The van der Waals surface area contributed by atoms with Crippen LogP contribution < -0.4 is 8.40 Å². The topological polar surface area (TPSA) is 92.6 Å². The largest absolute Gasteiger partial charge is 0.483 e. The lowest BCUT2D eigenvalue weighted by molar-refractivity contribution is -1.63. The Bertz CT molecular complexity index is 45.7. The van der Waals surface area contributed by atoms with Crippen molar-refractivity contribution in [3.05, 3.63) is 0 Å². The smallest absolute Gasteiger partial charge is 0.435 e. The number of hydrogen-bond donors (Lipinski definition) is 1. The molecule has 0 aliphatic carbocycles. The maximum atomic E-state index is 9.22. The molecule has 5 nitrogen and oxygen atoms in total. The molecule has 0 fully saturated rings. The Morgan fingerprint density at radius 2 is 1.88 bits per heavy atom. The summed E-state index contributed by atoms with van der Waals surface area (Å²) in [4.78, 5) is 8.36. The highest BCUT2D eigenvalue weighted by Gasteiger charge is 1.98. The molecule has 0 saturated heterocycles. The first-order chi connectivity index (χ1) is 3.68. The molecular weight excluding hydrogens is 184 g/mol. The van der Waals surface area contributed by atoms with E-state index in [-0.39, 0.29) is 6.47 Å². The molecule has 0 saturated carbocycles. The van der Waals surface area contributed by atoms with Gasteiger partial charge in [-0.25, -0.2) is 0 Å². The third-order valence-corrected chi connectivity index (χ3v) is 0.655. The fraction of sp³-hybridized carbons (Fsp3) is 0.500. The van der Waals surface area contributed by atoms with E-state index in [9.17, 15) is 8.40 Å². The first-order valence-corrected chi connectivity index (χ1v) is 3.31. The molecule has 0 rings (SSSR count). The van der Waals surface area contributed by atoms with Gasteiger partial charge in [0, 0.05) is 0 Å². The monoisotopic (exact) mass is 188 g/mol. The first kappa shape index (κ1) is 10.7. The first-order valence-electron chi connectivity index (χ1n) is 1.37. The van der Waals surface area contributed by atoms with Crippen molar-refractivity contribution < 1.29 is 36.9 Å². The van der Waals surface area contributed by atoms with Crippen molar-refractivity contribution in [2.24, 2.45) is 0 Å². The Labute approximate surface area is 51.3 Å². The second-order valence-electron chi connectivity index (χ2n) is 0.449. The van der Waals surface area contributed by atoms with Gasteiger partial charge in [-0.1, -0.05) is 0 Å². The standard InChI is InChI=1S/CH3BrO3.CH2O2/c1-5-2(3)4;2-1-3/h1H3;1H,(H,2,3). The molecule has 0 atom stereocenters. The summed E-state index contributed by atoms with van der Waals surface area (Å²) < 4.78 is 22.2. The second-order valence-corrected chi connectivity index (χ2v) is 1.89. The SMILES string of the molecule is CO[Br+2]([O-])[O-].O=CO. The molecule has 0 aromatic carbocycles. The molecule has 0 spiro atoms. The van der Waals surface area contributed by atoms with Gasteiger partial charge in [-0.2, -0.15) is 0 Å². The fourth-order valence-electron chi connectivity index (χ4n) is 0. The van der Waals surface area contributed by atoms with Gasteiger partial charge >= 0.3 is 14.8 Å². The molecule has 8 heavy (non-hydrogen) atoms. The predicted octanol–water partition coefficient (Wildman–Crippen LogP) is -2.58. The van der Waals surface area contributed by atoms with Crippen LogP contribution >= 0.6 is 0 Å². The van der Waals surface area contributed by atoms with Crippen LogP contribution in [-0.4, -0.2) is 18.7 Å². The van der Waals surface area contributed by atoms with Crippen molar-refractivity contribution in [1.29, 1.82) is 0 Å². The van der Waals surface area contributed by atoms with E-state index in [1.54, 1.807) is 0 Å². The molecule has 0 heterocycles. The van der Waals surface area contributed by atoms with Crippen molar-refractivity contribution in [1.82, 2.24) is 0 Å². The Kier molecular flexibility index (Phi) is 13.4. The van der Waals surface area contributed by atoms with E-state index < -0.39 is 14.8 Å². The van der Waals surface area contributed by atoms with Gasteiger partial charge in [0.25, 0.3) is 6.47 Å². The zero-order valence-electron chi connectivity index (χ0n) is 4.04. The normalized spacial score (nSPS) is 7.50. The second kappa shape index (κ2) is 9.95. The van der Waals surface area contributed by atoms with Gasteiger partial charge in [0.05, 0.1) is 0 Å². The third kappa shape index (κ3) is 40.6. The van der Waals surface area contributed by atoms with E-state index in [1.165, 1.54) is 0 Å². The number of halogens is 1. The lowest BCUT2D eigenvalue weighted by atomic mass is 11.7. The van der Waals surface area contributed by atoms with Crippen LogP contribution in [0.4, 0.5) is 0 Å². The number of rotatable bonds is 1. The predicted molar refractivity (Wildman–Crippen MR) is 15.7 cm³/mol. The lowest BCUT2D eigenvalue weighted by Crippen LogP contribution is -2.32. The van der Waals surface area contributed by atoms with Crippen molar-refractivity contribution in [3.63, 3.8) is 0 Å². The Hall–Kier alpha value is -0.170. The van der Waals surface area contributed by atoms with Gasteiger partial charge in [-0.15, -0.1) is 0 Å². The number of carboxylic acid groups (broad SMARTS) is 1. The quantitative estimate of drug-likeness (QED) is 0.457. The van der Waals surface area contributed by atoms with Crippen LogP contribution in [0.2, 0.25) is 0 Å². The van der Waals surface area contributed by atoms with Crippen molar-refractivity contribution >= 4 is 6.47 Å². The van der Waals surface area contributed by atoms with Crippen LogP contribution in [0, 0.1) is 14.8 Å². The minimum Gasteiger partial charge on any atom is -0.483 e. The highest BCUT2D eigenvalue weighted by atomic mass is 80.0. The fourth-order valence-corrected chi connectivity index (χ4v) is 0. The van der Waals surface area contributed by atoms with Gasteiger partial charge in [0.1, 0.15) is 7.11 Å². The van der Waals surface area contributed by atoms with Gasteiger partial charge in [0.15, 0.2) is 0 Å². The van der Waals surface area contributed by atoms with Crippen LogP contribution in [-0.2, 0) is 8.62 Å². The van der Waals surface area contributed by atoms with Gasteiger partial charge in [-0.3, -0.25) is 4.79 Å². The van der Waals surface area contributed by atoms with Gasteiger partial charge < -0.3 is 13.5 Å². The molecule has 0 aromatic heterocycles. The van der Waals surface area contributed by atoms with Crippen LogP contribution in [0.15, 0.2) is 0 Å². The van der Waals surface area contributed by atoms with E-state index in [2.05, 4.69) is 3.83 Å². The summed E-state index contributed by atoms with van der Waals surface area (Å²) in [7, 11) is 1.12. The van der Waals surface area contributed by atoms with Crippen LogP contribution in [0.1, 0.15) is 0 Å². The maximum absolute atomic E-state index is 9.22. The van der Waals surface area contributed by atoms with Crippen molar-refractivity contribution in [3.8, 4) is 0 Å². The molecular formula is C2H5BrO5. The minimum absolute atomic E-state index is 0.250. The Balaban J connectivity index is 0. The highest BCUT2D eigenvalue weighted by Crippen LogP contribution is 1.61. The summed E-state index contributed by atoms with van der Waals surface area (Å²) in [5.74, 6) is 0. The molecule has 0 radical (unpaired) electrons. The van der Waals surface area contributed by atoms with Crippen LogP contribution in [0.3, 0.4) is 0 Å². The molecule has 1 N–H and O–H groups in total. The lowest BCUT2D eigenvalue weighted by Gasteiger charge is -1.78. The average Bonchev–Trinajstić information content (AvgIpc) is 1.69. The van der Waals surface area contributed by atoms with E-state index >= 15 is 0 Å². The van der Waals surface area contributed by atoms with E-state index in [1.807, 2.05) is 0 Å². The summed E-state index contributed by atoms with van der Waals surface area (Å²) in [5, 5.41) is 6.89. The third-order valence-electron chi connectivity index (χ3n) is 0.126. The molecule has 0 unspecified atom stereocenters. The number of carbonyl (C=O) groups is 1. The maximum Gasteiger partial charge on any atom is 0.435 e. The molecule has 50 valence electrons. The minimum atomic E-state index is -2.89. The number of hydrogen-bond acceptors (Lipinski definition) is 4. The molecule has 0 aliphatic rings. The van der Waals surface area contributed by atoms with Crippen molar-refractivity contribution in [2.75, 3.05) is 7.11 Å². The molecule has 0 bridgehead atoms. The van der Waals surface area contributed by atoms with Crippen molar-refractivity contribution in [2.45, 2.75) is 0 Å². The Morgan fingerprint density at radius 3 is 1.88 bits per heavy atom. The molecule has 6 heteroatoms. The Morgan fingerprint density at radius 1 is 1.75 bits per heavy atom. The zero-order valence-corrected chi connectivity index (χ0v) is 5.62. The van der Waals surface area contributed by atoms with E-state index in [0.717, 1.165) is 7.11 Å². The summed E-state index contributed by atoms with van der Waals surface area (Å²) >= 11 is -2.89. The van der Waals surface area contributed by atoms with Crippen LogP contribution in [0.25, 0.3) is 0 Å². The molecule has 0 aromatic rings.